The molecule has 0 spiro atoms. The van der Waals surface area contributed by atoms with E-state index in [2.05, 4.69) is 24.5 Å². The molecule has 0 unspecified atom stereocenters. The number of rotatable bonds is 6. The highest BCUT2D eigenvalue weighted by molar-refractivity contribution is 6.25. The van der Waals surface area contributed by atoms with Crippen molar-refractivity contribution >= 4 is 23.5 Å². The van der Waals surface area contributed by atoms with Gasteiger partial charge in [-0.2, -0.15) is 0 Å². The Hall–Kier alpha value is -1.07. The van der Waals surface area contributed by atoms with Crippen molar-refractivity contribution in [3.63, 3.8) is 0 Å². The maximum atomic E-state index is 11.4. The van der Waals surface area contributed by atoms with Gasteiger partial charge < -0.3 is 10.4 Å². The predicted molar refractivity (Wildman–Crippen MR) is 78.5 cm³/mol. The van der Waals surface area contributed by atoms with E-state index in [1.807, 2.05) is 0 Å². The third-order valence-electron chi connectivity index (χ3n) is 3.53. The number of carbonyl (C=O) groups excluding carboxylic acids is 1. The molecule has 20 heavy (non-hydrogen) atoms. The summed E-state index contributed by atoms with van der Waals surface area (Å²) in [5, 5.41) is 15.2. The van der Waals surface area contributed by atoms with Crippen LogP contribution >= 0.6 is 11.6 Å². The zero-order valence-electron chi connectivity index (χ0n) is 12.1. The molecule has 1 saturated heterocycles. The molecule has 1 rings (SSSR count). The monoisotopic (exact) mass is 302 g/mol. The van der Waals surface area contributed by atoms with Crippen molar-refractivity contribution in [2.75, 3.05) is 0 Å². The van der Waals surface area contributed by atoms with E-state index in [-0.39, 0.29) is 23.9 Å². The Kier molecular flexibility index (Phi) is 6.49. The highest BCUT2D eigenvalue weighted by atomic mass is 35.5. The van der Waals surface area contributed by atoms with Crippen LogP contribution in [0.3, 0.4) is 0 Å². The van der Waals surface area contributed by atoms with Gasteiger partial charge in [0.05, 0.1) is 0 Å². The van der Waals surface area contributed by atoms with Gasteiger partial charge in [0.2, 0.25) is 5.91 Å². The number of carboxylic acids is 1. The normalized spacial score (nSPS) is 27.9. The first-order valence-electron chi connectivity index (χ1n) is 6.88. The van der Waals surface area contributed by atoms with Crippen LogP contribution in [-0.4, -0.2) is 35.1 Å². The molecule has 0 bridgehead atoms. The fourth-order valence-corrected chi connectivity index (χ4v) is 2.97. The predicted octanol–water partition coefficient (Wildman–Crippen LogP) is 1.72. The second-order valence-electron chi connectivity index (χ2n) is 5.74. The van der Waals surface area contributed by atoms with Crippen LogP contribution < -0.4 is 10.6 Å². The SMILES string of the molecule is CC(=O)N[C@@H](CC(C)C)[C@@H]1N[C@@H](C(=O)O)C[C@H]1/C=C/Cl. The maximum Gasteiger partial charge on any atom is 0.320 e. The molecule has 0 aromatic rings. The van der Waals surface area contributed by atoms with Crippen LogP contribution in [0.4, 0.5) is 0 Å². The average Bonchev–Trinajstić information content (AvgIpc) is 2.71. The zero-order chi connectivity index (χ0) is 15.3. The highest BCUT2D eigenvalue weighted by Gasteiger charge is 2.40. The number of amides is 1. The van der Waals surface area contributed by atoms with E-state index in [0.29, 0.717) is 12.3 Å². The molecule has 3 N–H and O–H groups in total. The van der Waals surface area contributed by atoms with E-state index in [1.54, 1.807) is 6.08 Å². The van der Waals surface area contributed by atoms with Crippen LogP contribution in [0.1, 0.15) is 33.6 Å². The lowest BCUT2D eigenvalue weighted by Crippen LogP contribution is -2.51. The first-order chi connectivity index (χ1) is 9.35. The second kappa shape index (κ2) is 7.64. The van der Waals surface area contributed by atoms with E-state index < -0.39 is 12.0 Å². The smallest absolute Gasteiger partial charge is 0.320 e. The zero-order valence-corrected chi connectivity index (χ0v) is 12.9. The molecular weight excluding hydrogens is 280 g/mol. The quantitative estimate of drug-likeness (QED) is 0.698. The summed E-state index contributed by atoms with van der Waals surface area (Å²) in [6.07, 6.45) is 3.07. The van der Waals surface area contributed by atoms with Crippen molar-refractivity contribution in [2.24, 2.45) is 11.8 Å². The Labute approximate surface area is 124 Å². The van der Waals surface area contributed by atoms with Gasteiger partial charge in [0, 0.05) is 24.5 Å². The number of halogens is 1. The van der Waals surface area contributed by atoms with Crippen LogP contribution in [0.15, 0.2) is 11.6 Å². The highest BCUT2D eigenvalue weighted by Crippen LogP contribution is 2.27. The van der Waals surface area contributed by atoms with Gasteiger partial charge in [-0.25, -0.2) is 0 Å². The first kappa shape index (κ1) is 17.0. The van der Waals surface area contributed by atoms with E-state index >= 15 is 0 Å². The molecule has 1 aliphatic heterocycles. The Bertz CT molecular complexity index is 385. The third kappa shape index (κ3) is 4.80. The fraction of sp³-hybridized carbons (Fsp3) is 0.714. The Balaban J connectivity index is 2.89. The van der Waals surface area contributed by atoms with Gasteiger partial charge in [-0.3, -0.25) is 14.9 Å². The fourth-order valence-electron chi connectivity index (χ4n) is 2.79. The van der Waals surface area contributed by atoms with Crippen molar-refractivity contribution in [1.82, 2.24) is 10.6 Å². The molecule has 0 aromatic carbocycles. The summed E-state index contributed by atoms with van der Waals surface area (Å²) in [5.74, 6) is -0.571. The molecular formula is C14H23ClN2O3. The maximum absolute atomic E-state index is 11.4. The van der Waals surface area contributed by atoms with E-state index in [4.69, 9.17) is 16.7 Å². The molecule has 0 radical (unpaired) electrons. The molecule has 1 heterocycles. The second-order valence-corrected chi connectivity index (χ2v) is 5.99. The average molecular weight is 303 g/mol. The molecule has 1 fully saturated rings. The number of nitrogens with one attached hydrogen (secondary N) is 2. The lowest BCUT2D eigenvalue weighted by molar-refractivity contribution is -0.139. The molecule has 0 aliphatic carbocycles. The van der Waals surface area contributed by atoms with Crippen LogP contribution in [0, 0.1) is 11.8 Å². The van der Waals surface area contributed by atoms with Crippen LogP contribution in [0.5, 0.6) is 0 Å². The van der Waals surface area contributed by atoms with Crippen LogP contribution in [0.2, 0.25) is 0 Å². The molecule has 0 saturated carbocycles. The van der Waals surface area contributed by atoms with Gasteiger partial charge in [-0.15, -0.1) is 0 Å². The van der Waals surface area contributed by atoms with Crippen molar-refractivity contribution < 1.29 is 14.7 Å². The number of carbonyl (C=O) groups is 2. The van der Waals surface area contributed by atoms with Gasteiger partial charge in [-0.1, -0.05) is 31.5 Å². The summed E-state index contributed by atoms with van der Waals surface area (Å²) >= 11 is 5.65. The summed E-state index contributed by atoms with van der Waals surface area (Å²) in [7, 11) is 0. The van der Waals surface area contributed by atoms with Crippen molar-refractivity contribution in [2.45, 2.75) is 51.7 Å². The van der Waals surface area contributed by atoms with Gasteiger partial charge in [0.15, 0.2) is 0 Å². The van der Waals surface area contributed by atoms with Gasteiger partial charge in [-0.05, 0) is 24.7 Å². The van der Waals surface area contributed by atoms with Gasteiger partial charge in [0.25, 0.3) is 0 Å². The summed E-state index contributed by atoms with van der Waals surface area (Å²) < 4.78 is 0. The van der Waals surface area contributed by atoms with Crippen molar-refractivity contribution in [3.8, 4) is 0 Å². The lowest BCUT2D eigenvalue weighted by atomic mass is 9.89. The minimum atomic E-state index is -0.869. The molecule has 6 heteroatoms. The number of hydrogen-bond acceptors (Lipinski definition) is 3. The molecule has 4 atom stereocenters. The van der Waals surface area contributed by atoms with Gasteiger partial charge >= 0.3 is 5.97 Å². The minimum absolute atomic E-state index is 0.00389. The van der Waals surface area contributed by atoms with E-state index in [1.165, 1.54) is 12.5 Å². The number of carboxylic acid groups (broad SMARTS) is 1. The molecule has 1 aliphatic rings. The molecule has 1 amide bonds. The van der Waals surface area contributed by atoms with E-state index in [0.717, 1.165) is 6.42 Å². The Morgan fingerprint density at radius 2 is 2.15 bits per heavy atom. The molecule has 0 aromatic heterocycles. The molecule has 114 valence electrons. The minimum Gasteiger partial charge on any atom is -0.480 e. The summed E-state index contributed by atoms with van der Waals surface area (Å²) in [5.41, 5.74) is 1.42. The summed E-state index contributed by atoms with van der Waals surface area (Å²) in [6, 6.07) is -0.812. The van der Waals surface area contributed by atoms with Crippen molar-refractivity contribution in [3.05, 3.63) is 11.6 Å². The Morgan fingerprint density at radius 3 is 2.60 bits per heavy atom. The van der Waals surface area contributed by atoms with Crippen LogP contribution in [-0.2, 0) is 9.59 Å². The largest absolute Gasteiger partial charge is 0.480 e. The first-order valence-corrected chi connectivity index (χ1v) is 7.31. The third-order valence-corrected chi connectivity index (χ3v) is 3.67. The Morgan fingerprint density at radius 1 is 1.50 bits per heavy atom. The number of aliphatic carboxylic acids is 1. The topological polar surface area (TPSA) is 78.4 Å². The van der Waals surface area contributed by atoms with Crippen molar-refractivity contribution in [1.29, 1.82) is 0 Å². The standard InChI is InChI=1S/C14H23ClN2O3/c1-8(2)6-11(16-9(3)18)13-10(4-5-15)7-12(17-13)14(19)20/h4-5,8,10-13,17H,6-7H2,1-3H3,(H,16,18)(H,19,20)/b5-4+/t10-,11+,12-,13-/m1/s1. The van der Waals surface area contributed by atoms with Gasteiger partial charge in [0.1, 0.15) is 6.04 Å². The molecule has 5 nitrogen and oxygen atoms in total. The summed E-state index contributed by atoms with van der Waals surface area (Å²) in [6.45, 7) is 5.62. The summed E-state index contributed by atoms with van der Waals surface area (Å²) in [4.78, 5) is 22.5. The van der Waals surface area contributed by atoms with E-state index in [9.17, 15) is 9.59 Å². The number of hydrogen-bond donors (Lipinski definition) is 3. The lowest BCUT2D eigenvalue weighted by Gasteiger charge is -2.29. The van der Waals surface area contributed by atoms with Crippen LogP contribution in [0.25, 0.3) is 0 Å².